The van der Waals surface area contributed by atoms with Gasteiger partial charge in [0, 0.05) is 0 Å². The summed E-state index contributed by atoms with van der Waals surface area (Å²) >= 11 is 1.90. The molecule has 1 amide bonds. The van der Waals surface area contributed by atoms with Crippen molar-refractivity contribution >= 4 is 28.8 Å². The van der Waals surface area contributed by atoms with Gasteiger partial charge in [0.25, 0.3) is 5.91 Å². The summed E-state index contributed by atoms with van der Waals surface area (Å²) in [7, 11) is 0. The highest BCUT2D eigenvalue weighted by Gasteiger charge is 2.51. The Bertz CT molecular complexity index is 187. The second-order valence-electron chi connectivity index (χ2n) is 2.24. The molecule has 2 fully saturated rings. The highest BCUT2D eigenvalue weighted by atomic mass is 127. The number of piperazine rings is 1. The molecule has 56 valence electrons. The summed E-state index contributed by atoms with van der Waals surface area (Å²) in [4.78, 5) is 11.0. The van der Waals surface area contributed by atoms with Gasteiger partial charge < -0.3 is 10.5 Å². The van der Waals surface area contributed by atoms with Crippen molar-refractivity contribution in [2.24, 2.45) is 5.73 Å². The molecule has 2 saturated heterocycles. The summed E-state index contributed by atoms with van der Waals surface area (Å²) in [6.45, 7) is 0. The van der Waals surface area contributed by atoms with Crippen molar-refractivity contribution in [1.82, 2.24) is 8.43 Å². The van der Waals surface area contributed by atoms with Gasteiger partial charge in [-0.2, -0.15) is 0 Å². The zero-order chi connectivity index (χ0) is 7.30. The number of carbonyl (C=O) groups excluding carboxylic acids is 1. The molecule has 3 N–H and O–H groups in total. The van der Waals surface area contributed by atoms with Crippen LogP contribution in [0.1, 0.15) is 0 Å². The minimum atomic E-state index is -0.597. The number of epoxide rings is 1. The number of hydrogen-bond acceptors (Lipinski definition) is 4. The lowest BCUT2D eigenvalue weighted by molar-refractivity contribution is -0.129. The first-order chi connectivity index (χ1) is 4.70. The summed E-state index contributed by atoms with van der Waals surface area (Å²) in [6.07, 6.45) is -0.724. The molecule has 2 heterocycles. The number of halogens is 1. The molecule has 5 nitrogen and oxygen atoms in total. The smallest absolute Gasteiger partial charge is 0.265 e. The van der Waals surface area contributed by atoms with Gasteiger partial charge >= 0.3 is 0 Å². The first-order valence-corrected chi connectivity index (χ1v) is 3.82. The minimum Gasteiger partial charge on any atom is -0.330 e. The summed E-state index contributed by atoms with van der Waals surface area (Å²) < 4.78 is 6.53. The molecule has 0 aromatic rings. The van der Waals surface area contributed by atoms with Gasteiger partial charge in [-0.05, 0) is 0 Å². The number of hydrogen-bond donors (Lipinski definition) is 2. The van der Waals surface area contributed by atoms with Crippen LogP contribution in [0.3, 0.4) is 0 Å². The zero-order valence-corrected chi connectivity index (χ0v) is 7.11. The van der Waals surface area contributed by atoms with Gasteiger partial charge in [0.2, 0.25) is 0 Å². The van der Waals surface area contributed by atoms with E-state index in [0.717, 1.165) is 0 Å². The Kier molecular flexibility index (Phi) is 1.38. The van der Waals surface area contributed by atoms with E-state index < -0.39 is 6.17 Å². The fourth-order valence-electron chi connectivity index (χ4n) is 0.905. The molecule has 0 aromatic carbocycles. The summed E-state index contributed by atoms with van der Waals surface area (Å²) in [5, 5.41) is 2.79. The Morgan fingerprint density at radius 1 is 1.80 bits per heavy atom. The molecule has 2 rings (SSSR count). The van der Waals surface area contributed by atoms with Crippen LogP contribution in [-0.2, 0) is 9.53 Å². The van der Waals surface area contributed by atoms with Crippen molar-refractivity contribution in [3.8, 4) is 0 Å². The Balaban J connectivity index is 2.14. The van der Waals surface area contributed by atoms with Crippen LogP contribution in [0.25, 0.3) is 0 Å². The van der Waals surface area contributed by atoms with E-state index in [2.05, 4.69) is 5.32 Å². The van der Waals surface area contributed by atoms with E-state index in [1.807, 2.05) is 22.9 Å². The topological polar surface area (TPSA) is 70.9 Å². The Morgan fingerprint density at radius 3 is 3.20 bits per heavy atom. The van der Waals surface area contributed by atoms with Gasteiger partial charge in [0.1, 0.15) is 6.17 Å². The van der Waals surface area contributed by atoms with Gasteiger partial charge in [0.05, 0.1) is 22.9 Å². The fraction of sp³-hybridized carbons (Fsp3) is 0.750. The molecule has 2 aliphatic heterocycles. The Morgan fingerprint density at radius 2 is 2.50 bits per heavy atom. The standard InChI is InChI=1S/C4H6IN3O2/c5-8-3(9)1(6)7-2-4(8)10-2/h1-2,4,7H,6H2. The van der Waals surface area contributed by atoms with Crippen molar-refractivity contribution in [2.75, 3.05) is 0 Å². The van der Waals surface area contributed by atoms with Gasteiger partial charge in [-0.3, -0.25) is 13.2 Å². The van der Waals surface area contributed by atoms with Crippen LogP contribution in [0.2, 0.25) is 0 Å². The molecule has 0 saturated carbocycles. The summed E-state index contributed by atoms with van der Waals surface area (Å²) in [6, 6.07) is 0. The lowest BCUT2D eigenvalue weighted by Gasteiger charge is -2.21. The highest BCUT2D eigenvalue weighted by molar-refractivity contribution is 14.1. The number of nitrogens with zero attached hydrogens (tertiary/aromatic N) is 1. The molecular weight excluding hydrogens is 249 g/mol. The lowest BCUT2D eigenvalue weighted by Crippen LogP contribution is -2.56. The molecule has 0 radical (unpaired) electrons. The lowest BCUT2D eigenvalue weighted by atomic mass is 10.4. The van der Waals surface area contributed by atoms with E-state index in [1.54, 1.807) is 0 Å². The number of ether oxygens (including phenoxy) is 1. The van der Waals surface area contributed by atoms with Crippen LogP contribution in [-0.4, -0.2) is 27.6 Å². The maximum Gasteiger partial charge on any atom is 0.265 e. The average molecular weight is 255 g/mol. The maximum absolute atomic E-state index is 11.0. The van der Waals surface area contributed by atoms with Crippen LogP contribution >= 0.6 is 22.9 Å². The third-order valence-electron chi connectivity index (χ3n) is 1.51. The zero-order valence-electron chi connectivity index (χ0n) is 4.95. The number of nitrogens with one attached hydrogen (secondary N) is 1. The highest BCUT2D eigenvalue weighted by Crippen LogP contribution is 2.30. The predicted octanol–water partition coefficient (Wildman–Crippen LogP) is -1.26. The van der Waals surface area contributed by atoms with Crippen molar-refractivity contribution in [3.05, 3.63) is 0 Å². The molecule has 6 heteroatoms. The van der Waals surface area contributed by atoms with Crippen molar-refractivity contribution in [3.63, 3.8) is 0 Å². The Hall–Kier alpha value is 0.0800. The molecule has 3 atom stereocenters. The molecule has 10 heavy (non-hydrogen) atoms. The monoisotopic (exact) mass is 255 g/mol. The van der Waals surface area contributed by atoms with Crippen LogP contribution in [0, 0.1) is 0 Å². The van der Waals surface area contributed by atoms with E-state index in [0.29, 0.717) is 0 Å². The van der Waals surface area contributed by atoms with E-state index in [9.17, 15) is 4.79 Å². The van der Waals surface area contributed by atoms with Crippen molar-refractivity contribution < 1.29 is 9.53 Å². The van der Waals surface area contributed by atoms with E-state index in [4.69, 9.17) is 10.5 Å². The van der Waals surface area contributed by atoms with E-state index in [-0.39, 0.29) is 18.4 Å². The van der Waals surface area contributed by atoms with Crippen LogP contribution in [0.5, 0.6) is 0 Å². The van der Waals surface area contributed by atoms with Crippen LogP contribution in [0.4, 0.5) is 0 Å². The predicted molar refractivity (Wildman–Crippen MR) is 40.6 cm³/mol. The van der Waals surface area contributed by atoms with E-state index in [1.165, 1.54) is 3.11 Å². The third kappa shape index (κ3) is 0.831. The third-order valence-corrected chi connectivity index (χ3v) is 2.54. The number of carbonyl (C=O) groups is 1. The average Bonchev–Trinajstić information content (AvgIpc) is 2.62. The molecular formula is C4H6IN3O2. The molecule has 0 aromatic heterocycles. The van der Waals surface area contributed by atoms with Gasteiger partial charge in [0.15, 0.2) is 12.5 Å². The second-order valence-corrected chi connectivity index (χ2v) is 3.28. The molecule has 2 aliphatic rings. The van der Waals surface area contributed by atoms with Gasteiger partial charge in [-0.15, -0.1) is 0 Å². The normalized spacial score (nSPS) is 45.2. The maximum atomic E-state index is 11.0. The number of rotatable bonds is 0. The fourth-order valence-corrected chi connectivity index (χ4v) is 1.63. The van der Waals surface area contributed by atoms with Gasteiger partial charge in [-0.25, -0.2) is 0 Å². The Labute approximate surface area is 71.4 Å². The first kappa shape index (κ1) is 6.77. The molecule has 3 unspecified atom stereocenters. The van der Waals surface area contributed by atoms with Crippen molar-refractivity contribution in [2.45, 2.75) is 18.6 Å². The number of fused-ring (bicyclic) bond motifs is 1. The molecule has 0 spiro atoms. The molecule has 0 bridgehead atoms. The van der Waals surface area contributed by atoms with Gasteiger partial charge in [-0.1, -0.05) is 0 Å². The largest absolute Gasteiger partial charge is 0.330 e. The second kappa shape index (κ2) is 2.03. The quantitative estimate of drug-likeness (QED) is 0.322. The summed E-state index contributed by atoms with van der Waals surface area (Å²) in [5.74, 6) is -0.126. The molecule has 0 aliphatic carbocycles. The summed E-state index contributed by atoms with van der Waals surface area (Å²) in [5.41, 5.74) is 5.40. The number of nitrogens with two attached hydrogens (primary N) is 1. The minimum absolute atomic E-state index is 0.0374. The van der Waals surface area contributed by atoms with E-state index >= 15 is 0 Å². The first-order valence-electron chi connectivity index (χ1n) is 2.86. The van der Waals surface area contributed by atoms with Crippen LogP contribution in [0.15, 0.2) is 0 Å². The van der Waals surface area contributed by atoms with Crippen molar-refractivity contribution in [1.29, 1.82) is 0 Å². The number of amides is 1. The van der Waals surface area contributed by atoms with Crippen LogP contribution < -0.4 is 11.1 Å². The SMILES string of the molecule is NC1NC2OC2N(I)C1=O.